The summed E-state index contributed by atoms with van der Waals surface area (Å²) in [5, 5.41) is 3.52. The molecule has 0 radical (unpaired) electrons. The van der Waals surface area contributed by atoms with Crippen molar-refractivity contribution in [1.29, 1.82) is 0 Å². The second-order valence-corrected chi connectivity index (χ2v) is 5.42. The van der Waals surface area contributed by atoms with E-state index in [4.69, 9.17) is 4.74 Å². The molecule has 1 aromatic heterocycles. The number of nitrogens with zero attached hydrogens (tertiary/aromatic N) is 2. The van der Waals surface area contributed by atoms with Crippen LogP contribution in [0.15, 0.2) is 42.7 Å². The van der Waals surface area contributed by atoms with Gasteiger partial charge in [-0.3, -0.25) is 4.98 Å². The minimum absolute atomic E-state index is 0.191. The van der Waals surface area contributed by atoms with Gasteiger partial charge >= 0.3 is 0 Å². The highest BCUT2D eigenvalue weighted by Gasteiger charge is 2.10. The average molecular weight is 285 g/mol. The molecule has 112 valence electrons. The molecule has 1 unspecified atom stereocenters. The first-order chi connectivity index (χ1) is 10.1. The molecule has 0 amide bonds. The van der Waals surface area contributed by atoms with E-state index in [1.54, 1.807) is 7.11 Å². The molecule has 21 heavy (non-hydrogen) atoms. The van der Waals surface area contributed by atoms with E-state index in [1.165, 1.54) is 11.1 Å². The maximum Gasteiger partial charge on any atom is 0.141 e. The largest absolute Gasteiger partial charge is 0.495 e. The van der Waals surface area contributed by atoms with Crippen molar-refractivity contribution in [3.63, 3.8) is 0 Å². The smallest absolute Gasteiger partial charge is 0.141 e. The summed E-state index contributed by atoms with van der Waals surface area (Å²) in [5.41, 5.74) is 3.47. The van der Waals surface area contributed by atoms with E-state index in [2.05, 4.69) is 48.4 Å². The highest BCUT2D eigenvalue weighted by atomic mass is 16.5. The number of rotatable bonds is 6. The van der Waals surface area contributed by atoms with E-state index in [0.717, 1.165) is 18.0 Å². The maximum atomic E-state index is 5.45. The molecule has 4 nitrogen and oxygen atoms in total. The van der Waals surface area contributed by atoms with E-state index >= 15 is 0 Å². The van der Waals surface area contributed by atoms with Crippen molar-refractivity contribution in [2.45, 2.75) is 19.5 Å². The molecule has 0 fully saturated rings. The Morgan fingerprint density at radius 2 is 1.90 bits per heavy atom. The number of aromatic nitrogens is 1. The van der Waals surface area contributed by atoms with E-state index in [0.29, 0.717) is 0 Å². The number of hydrogen-bond acceptors (Lipinski definition) is 4. The number of nitrogens with one attached hydrogen (secondary N) is 1. The van der Waals surface area contributed by atoms with Gasteiger partial charge in [-0.05, 0) is 56.4 Å². The molecule has 2 aromatic rings. The second-order valence-electron chi connectivity index (χ2n) is 5.42. The van der Waals surface area contributed by atoms with Crippen molar-refractivity contribution in [2.24, 2.45) is 0 Å². The van der Waals surface area contributed by atoms with E-state index in [1.807, 2.05) is 30.6 Å². The summed E-state index contributed by atoms with van der Waals surface area (Å²) < 4.78 is 5.45. The number of ether oxygens (including phenoxy) is 1. The zero-order valence-corrected chi connectivity index (χ0v) is 13.1. The highest BCUT2D eigenvalue weighted by molar-refractivity contribution is 5.59. The lowest BCUT2D eigenvalue weighted by molar-refractivity contribution is 0.400. The van der Waals surface area contributed by atoms with Crippen molar-refractivity contribution in [2.75, 3.05) is 26.5 Å². The van der Waals surface area contributed by atoms with Crippen LogP contribution in [-0.4, -0.2) is 31.1 Å². The van der Waals surface area contributed by atoms with Crippen LogP contribution in [0.3, 0.4) is 0 Å². The van der Waals surface area contributed by atoms with Crippen molar-refractivity contribution in [3.8, 4) is 5.75 Å². The highest BCUT2D eigenvalue weighted by Crippen LogP contribution is 2.29. The number of anilines is 1. The summed E-state index contributed by atoms with van der Waals surface area (Å²) in [4.78, 5) is 6.21. The maximum absolute atomic E-state index is 5.45. The van der Waals surface area contributed by atoms with Crippen LogP contribution in [0.5, 0.6) is 5.75 Å². The summed E-state index contributed by atoms with van der Waals surface area (Å²) in [6.45, 7) is 3.04. The minimum Gasteiger partial charge on any atom is -0.495 e. The first-order valence-electron chi connectivity index (χ1n) is 7.08. The standard InChI is InChI=1S/C17H23N3O/c1-13(15-7-9-18-10-8-15)19-16-11-14(12-20(2)3)5-6-17(16)21-4/h5-11,13,19H,12H2,1-4H3. The van der Waals surface area contributed by atoms with Gasteiger partial charge in [0.1, 0.15) is 5.75 Å². The van der Waals surface area contributed by atoms with Gasteiger partial charge in [-0.15, -0.1) is 0 Å². The molecule has 0 saturated heterocycles. The van der Waals surface area contributed by atoms with Gasteiger partial charge in [0, 0.05) is 25.0 Å². The molecule has 4 heteroatoms. The third-order valence-electron chi connectivity index (χ3n) is 3.34. The van der Waals surface area contributed by atoms with Crippen LogP contribution < -0.4 is 10.1 Å². The minimum atomic E-state index is 0.191. The number of methoxy groups -OCH3 is 1. The van der Waals surface area contributed by atoms with Gasteiger partial charge in [0.2, 0.25) is 0 Å². The van der Waals surface area contributed by atoms with Crippen molar-refractivity contribution in [3.05, 3.63) is 53.9 Å². The Labute approximate surface area is 126 Å². The lowest BCUT2D eigenvalue weighted by Gasteiger charge is -2.19. The first-order valence-corrected chi connectivity index (χ1v) is 7.08. The van der Waals surface area contributed by atoms with Crippen LogP contribution in [0.1, 0.15) is 24.1 Å². The molecular formula is C17H23N3O. The molecule has 0 spiro atoms. The fraction of sp³-hybridized carbons (Fsp3) is 0.353. The van der Waals surface area contributed by atoms with Crippen LogP contribution in [-0.2, 0) is 6.54 Å². The average Bonchev–Trinajstić information content (AvgIpc) is 2.48. The molecule has 1 atom stereocenters. The van der Waals surface area contributed by atoms with Gasteiger partial charge in [0.15, 0.2) is 0 Å². The predicted octanol–water partition coefficient (Wildman–Crippen LogP) is 3.32. The summed E-state index contributed by atoms with van der Waals surface area (Å²) in [7, 11) is 5.83. The van der Waals surface area contributed by atoms with Gasteiger partial charge in [0.05, 0.1) is 12.8 Å². The molecule has 0 aliphatic carbocycles. The Kier molecular flexibility index (Phi) is 5.17. The molecular weight excluding hydrogens is 262 g/mol. The van der Waals surface area contributed by atoms with E-state index in [-0.39, 0.29) is 6.04 Å². The zero-order chi connectivity index (χ0) is 15.2. The van der Waals surface area contributed by atoms with Gasteiger partial charge in [-0.25, -0.2) is 0 Å². The van der Waals surface area contributed by atoms with Crippen LogP contribution in [0, 0.1) is 0 Å². The van der Waals surface area contributed by atoms with Crippen LogP contribution in [0.25, 0.3) is 0 Å². The van der Waals surface area contributed by atoms with Crippen LogP contribution in [0.4, 0.5) is 5.69 Å². The molecule has 0 aliphatic heterocycles. The quantitative estimate of drug-likeness (QED) is 0.883. The van der Waals surface area contributed by atoms with Crippen LogP contribution >= 0.6 is 0 Å². The summed E-state index contributed by atoms with van der Waals surface area (Å²) in [5.74, 6) is 0.860. The zero-order valence-electron chi connectivity index (χ0n) is 13.1. The Balaban J connectivity index is 2.21. The molecule has 0 bridgehead atoms. The van der Waals surface area contributed by atoms with E-state index < -0.39 is 0 Å². The topological polar surface area (TPSA) is 37.4 Å². The van der Waals surface area contributed by atoms with Gasteiger partial charge in [0.25, 0.3) is 0 Å². The third kappa shape index (κ3) is 4.20. The van der Waals surface area contributed by atoms with Crippen molar-refractivity contribution >= 4 is 5.69 Å². The van der Waals surface area contributed by atoms with Gasteiger partial charge < -0.3 is 15.0 Å². The molecule has 0 saturated carbocycles. The fourth-order valence-electron chi connectivity index (χ4n) is 2.30. The Morgan fingerprint density at radius 3 is 2.52 bits per heavy atom. The lowest BCUT2D eigenvalue weighted by Crippen LogP contribution is -2.12. The Bertz CT molecular complexity index is 570. The van der Waals surface area contributed by atoms with Crippen LogP contribution in [0.2, 0.25) is 0 Å². The van der Waals surface area contributed by atoms with Gasteiger partial charge in [-0.2, -0.15) is 0 Å². The first kappa shape index (κ1) is 15.3. The monoisotopic (exact) mass is 285 g/mol. The van der Waals surface area contributed by atoms with Gasteiger partial charge in [-0.1, -0.05) is 6.07 Å². The number of pyridine rings is 1. The molecule has 1 N–H and O–H groups in total. The Hall–Kier alpha value is -2.07. The lowest BCUT2D eigenvalue weighted by atomic mass is 10.1. The fourth-order valence-corrected chi connectivity index (χ4v) is 2.30. The SMILES string of the molecule is COc1ccc(CN(C)C)cc1NC(C)c1ccncc1. The normalized spacial score (nSPS) is 12.2. The predicted molar refractivity (Wildman–Crippen MR) is 86.7 cm³/mol. The molecule has 0 aliphatic rings. The van der Waals surface area contributed by atoms with Crippen molar-refractivity contribution in [1.82, 2.24) is 9.88 Å². The number of benzene rings is 1. The second kappa shape index (κ2) is 7.09. The summed E-state index contributed by atoms with van der Waals surface area (Å²) in [6, 6.07) is 10.5. The van der Waals surface area contributed by atoms with E-state index in [9.17, 15) is 0 Å². The molecule has 1 aromatic carbocycles. The summed E-state index contributed by atoms with van der Waals surface area (Å²) >= 11 is 0. The number of hydrogen-bond donors (Lipinski definition) is 1. The Morgan fingerprint density at radius 1 is 1.19 bits per heavy atom. The summed E-state index contributed by atoms with van der Waals surface area (Å²) in [6.07, 6.45) is 3.63. The van der Waals surface area contributed by atoms with Crippen molar-refractivity contribution < 1.29 is 4.74 Å². The molecule has 1 heterocycles. The third-order valence-corrected chi connectivity index (χ3v) is 3.34. The molecule has 2 rings (SSSR count).